The van der Waals surface area contributed by atoms with E-state index < -0.39 is 0 Å². The third kappa shape index (κ3) is 2.58. The van der Waals surface area contributed by atoms with Crippen LogP contribution in [0.5, 0.6) is 5.75 Å². The van der Waals surface area contributed by atoms with Gasteiger partial charge in [-0.25, -0.2) is 0 Å². The summed E-state index contributed by atoms with van der Waals surface area (Å²) in [6.45, 7) is 0. The van der Waals surface area contributed by atoms with E-state index in [1.54, 1.807) is 18.2 Å². The predicted molar refractivity (Wildman–Crippen MR) is 62.5 cm³/mol. The summed E-state index contributed by atoms with van der Waals surface area (Å²) in [5.41, 5.74) is 0.563. The smallest absolute Gasteiger partial charge is 0.138 e. The molecular formula is C11H10ClNOS. The van der Waals surface area contributed by atoms with E-state index in [4.69, 9.17) is 21.6 Å². The Labute approximate surface area is 98.2 Å². The quantitative estimate of drug-likeness (QED) is 0.795. The molecule has 4 heteroatoms. The predicted octanol–water partition coefficient (Wildman–Crippen LogP) is 3.10. The molecule has 0 saturated carbocycles. The van der Waals surface area contributed by atoms with Crippen LogP contribution in [0.3, 0.4) is 0 Å². The third-order valence-electron chi connectivity index (χ3n) is 2.24. The average molecular weight is 240 g/mol. The van der Waals surface area contributed by atoms with Gasteiger partial charge in [0.1, 0.15) is 11.9 Å². The summed E-state index contributed by atoms with van der Waals surface area (Å²) in [5.74, 6) is 2.86. The molecule has 1 unspecified atom stereocenters. The average Bonchev–Trinajstić information content (AvgIpc) is 2.74. The molecular weight excluding hydrogens is 230 g/mol. The largest absolute Gasteiger partial charge is 0.488 e. The Balaban J connectivity index is 2.11. The first-order valence-electron chi connectivity index (χ1n) is 4.73. The maximum absolute atomic E-state index is 8.68. The van der Waals surface area contributed by atoms with E-state index >= 15 is 0 Å². The highest BCUT2D eigenvalue weighted by atomic mass is 35.5. The topological polar surface area (TPSA) is 33.0 Å². The molecule has 1 aliphatic heterocycles. The van der Waals surface area contributed by atoms with Crippen molar-refractivity contribution in [2.45, 2.75) is 12.5 Å². The first-order chi connectivity index (χ1) is 7.29. The molecule has 0 N–H and O–H groups in total. The third-order valence-corrected chi connectivity index (χ3v) is 3.67. The van der Waals surface area contributed by atoms with Crippen LogP contribution in [0.25, 0.3) is 0 Å². The second-order valence-electron chi connectivity index (χ2n) is 3.36. The fraction of sp³-hybridized carbons (Fsp3) is 0.364. The van der Waals surface area contributed by atoms with Crippen LogP contribution in [0.15, 0.2) is 18.2 Å². The van der Waals surface area contributed by atoms with Crippen LogP contribution in [0.4, 0.5) is 0 Å². The number of ether oxygens (including phenoxy) is 1. The van der Waals surface area contributed by atoms with E-state index in [-0.39, 0.29) is 6.10 Å². The minimum Gasteiger partial charge on any atom is -0.488 e. The van der Waals surface area contributed by atoms with Gasteiger partial charge in [-0.1, -0.05) is 11.6 Å². The van der Waals surface area contributed by atoms with Crippen molar-refractivity contribution in [1.29, 1.82) is 5.26 Å². The van der Waals surface area contributed by atoms with Gasteiger partial charge in [-0.3, -0.25) is 0 Å². The van der Waals surface area contributed by atoms with Crippen molar-refractivity contribution in [3.05, 3.63) is 28.8 Å². The molecule has 1 saturated heterocycles. The molecule has 1 aromatic carbocycles. The van der Waals surface area contributed by atoms with Gasteiger partial charge >= 0.3 is 0 Å². The van der Waals surface area contributed by atoms with E-state index in [2.05, 4.69) is 0 Å². The van der Waals surface area contributed by atoms with Crippen LogP contribution >= 0.6 is 23.4 Å². The number of rotatable bonds is 2. The Kier molecular flexibility index (Phi) is 3.40. The molecule has 1 aromatic rings. The summed E-state index contributed by atoms with van der Waals surface area (Å²) in [6.07, 6.45) is 1.33. The fourth-order valence-corrected chi connectivity index (χ4v) is 2.77. The summed E-state index contributed by atoms with van der Waals surface area (Å²) in [7, 11) is 0. The SMILES string of the molecule is N#Cc1ccc(OC2CCSC2)c(Cl)c1. The van der Waals surface area contributed by atoms with Crippen molar-refractivity contribution in [2.75, 3.05) is 11.5 Å². The molecule has 1 aliphatic rings. The zero-order valence-corrected chi connectivity index (χ0v) is 9.64. The lowest BCUT2D eigenvalue weighted by Gasteiger charge is -2.13. The van der Waals surface area contributed by atoms with Gasteiger partial charge in [0.15, 0.2) is 0 Å². The Morgan fingerprint density at radius 2 is 2.40 bits per heavy atom. The van der Waals surface area contributed by atoms with Gasteiger partial charge in [0.2, 0.25) is 0 Å². The number of hydrogen-bond donors (Lipinski definition) is 0. The van der Waals surface area contributed by atoms with E-state index in [1.807, 2.05) is 17.8 Å². The van der Waals surface area contributed by atoms with E-state index in [0.717, 1.165) is 17.9 Å². The molecule has 0 bridgehead atoms. The lowest BCUT2D eigenvalue weighted by atomic mass is 10.2. The highest BCUT2D eigenvalue weighted by Gasteiger charge is 2.18. The summed E-state index contributed by atoms with van der Waals surface area (Å²) in [6, 6.07) is 7.18. The first-order valence-corrected chi connectivity index (χ1v) is 6.27. The molecule has 0 radical (unpaired) electrons. The maximum atomic E-state index is 8.68. The molecule has 1 heterocycles. The molecule has 0 spiro atoms. The maximum Gasteiger partial charge on any atom is 0.138 e. The molecule has 2 nitrogen and oxygen atoms in total. The zero-order chi connectivity index (χ0) is 10.7. The molecule has 0 aliphatic carbocycles. The number of nitrogens with zero attached hydrogens (tertiary/aromatic N) is 1. The number of nitriles is 1. The van der Waals surface area contributed by atoms with Crippen LogP contribution in [-0.4, -0.2) is 17.6 Å². The minimum absolute atomic E-state index is 0.264. The van der Waals surface area contributed by atoms with Crippen molar-refractivity contribution >= 4 is 23.4 Å². The highest BCUT2D eigenvalue weighted by molar-refractivity contribution is 7.99. The van der Waals surface area contributed by atoms with Crippen LogP contribution < -0.4 is 4.74 Å². The van der Waals surface area contributed by atoms with E-state index in [9.17, 15) is 0 Å². The Morgan fingerprint density at radius 3 is 3.00 bits per heavy atom. The van der Waals surface area contributed by atoms with Crippen molar-refractivity contribution in [3.63, 3.8) is 0 Å². The van der Waals surface area contributed by atoms with E-state index in [1.165, 1.54) is 0 Å². The summed E-state index contributed by atoms with van der Waals surface area (Å²) < 4.78 is 5.74. The van der Waals surface area contributed by atoms with Gasteiger partial charge in [0.25, 0.3) is 0 Å². The minimum atomic E-state index is 0.264. The van der Waals surface area contributed by atoms with Crippen LogP contribution in [-0.2, 0) is 0 Å². The number of thioether (sulfide) groups is 1. The number of benzene rings is 1. The fourth-order valence-electron chi connectivity index (χ4n) is 1.45. The molecule has 0 aromatic heterocycles. The van der Waals surface area contributed by atoms with Crippen LogP contribution in [0.2, 0.25) is 5.02 Å². The monoisotopic (exact) mass is 239 g/mol. The van der Waals surface area contributed by atoms with Gasteiger partial charge in [-0.2, -0.15) is 17.0 Å². The Morgan fingerprint density at radius 1 is 1.53 bits per heavy atom. The van der Waals surface area contributed by atoms with Crippen LogP contribution in [0, 0.1) is 11.3 Å². The normalized spacial score (nSPS) is 19.9. The van der Waals surface area contributed by atoms with Gasteiger partial charge in [-0.15, -0.1) is 0 Å². The highest BCUT2D eigenvalue weighted by Crippen LogP contribution is 2.29. The zero-order valence-electron chi connectivity index (χ0n) is 8.07. The molecule has 1 fully saturated rings. The molecule has 15 heavy (non-hydrogen) atoms. The van der Waals surface area contributed by atoms with Crippen LogP contribution in [0.1, 0.15) is 12.0 Å². The lowest BCUT2D eigenvalue weighted by molar-refractivity contribution is 0.229. The summed E-state index contributed by atoms with van der Waals surface area (Å²) >= 11 is 7.90. The van der Waals surface area contributed by atoms with Crippen molar-refractivity contribution in [2.24, 2.45) is 0 Å². The number of halogens is 1. The van der Waals surface area contributed by atoms with Gasteiger partial charge in [0.05, 0.1) is 16.7 Å². The molecule has 2 rings (SSSR count). The summed E-state index contributed by atoms with van der Waals surface area (Å²) in [5, 5.41) is 9.20. The molecule has 78 valence electrons. The van der Waals surface area contributed by atoms with Gasteiger partial charge < -0.3 is 4.74 Å². The standard InChI is InChI=1S/C11H10ClNOS/c12-10-5-8(6-13)1-2-11(10)14-9-3-4-15-7-9/h1-2,5,9H,3-4,7H2. The Bertz CT molecular complexity index is 396. The Hall–Kier alpha value is -0.850. The van der Waals surface area contributed by atoms with Crippen molar-refractivity contribution in [1.82, 2.24) is 0 Å². The van der Waals surface area contributed by atoms with E-state index in [0.29, 0.717) is 16.3 Å². The number of hydrogen-bond acceptors (Lipinski definition) is 3. The summed E-state index contributed by atoms with van der Waals surface area (Å²) in [4.78, 5) is 0. The molecule has 0 amide bonds. The van der Waals surface area contributed by atoms with Gasteiger partial charge in [0, 0.05) is 5.75 Å². The van der Waals surface area contributed by atoms with Crippen molar-refractivity contribution in [3.8, 4) is 11.8 Å². The molecule has 1 atom stereocenters. The second kappa shape index (κ2) is 4.78. The second-order valence-corrected chi connectivity index (χ2v) is 4.92. The van der Waals surface area contributed by atoms with Gasteiger partial charge in [-0.05, 0) is 30.4 Å². The van der Waals surface area contributed by atoms with Crippen molar-refractivity contribution < 1.29 is 4.74 Å². The lowest BCUT2D eigenvalue weighted by Crippen LogP contribution is -2.14. The first kappa shape index (κ1) is 10.7.